The molecule has 8 heteroatoms. The minimum absolute atomic E-state index is 0.252. The number of sulfonamides is 1. The molecule has 5 aromatic rings. The second-order valence-corrected chi connectivity index (χ2v) is 11.5. The van der Waals surface area contributed by atoms with Crippen LogP contribution in [0.1, 0.15) is 19.0 Å². The lowest BCUT2D eigenvalue weighted by Gasteiger charge is -2.17. The minimum atomic E-state index is -3.79. The molecule has 0 atom stereocenters. The molecule has 0 saturated heterocycles. The normalized spacial score (nSPS) is 11.5. The van der Waals surface area contributed by atoms with Gasteiger partial charge >= 0.3 is 0 Å². The van der Waals surface area contributed by atoms with Gasteiger partial charge in [0.2, 0.25) is 0 Å². The second kappa shape index (κ2) is 10.3. The maximum Gasteiger partial charge on any atom is 0.262 e. The smallest absolute Gasteiger partial charge is 0.262 e. The van der Waals surface area contributed by atoms with E-state index in [4.69, 9.17) is 4.98 Å². The van der Waals surface area contributed by atoms with Crippen LogP contribution < -0.4 is 9.62 Å². The number of nitrogens with one attached hydrogen (secondary N) is 1. The fourth-order valence-electron chi connectivity index (χ4n) is 4.35. The third-order valence-electron chi connectivity index (χ3n) is 6.14. The summed E-state index contributed by atoms with van der Waals surface area (Å²) < 4.78 is 29.4. The van der Waals surface area contributed by atoms with Gasteiger partial charge in [0, 0.05) is 64.6 Å². The number of anilines is 2. The molecule has 0 aliphatic carbocycles. The number of hydrogen-bond acceptors (Lipinski definition) is 6. The maximum absolute atomic E-state index is 13.3. The molecule has 2 heterocycles. The van der Waals surface area contributed by atoms with Crippen LogP contribution in [0.4, 0.5) is 11.4 Å². The summed E-state index contributed by atoms with van der Waals surface area (Å²) in [5.41, 5.74) is 5.37. The predicted octanol–water partition coefficient (Wildman–Crippen LogP) is 6.84. The average Bonchev–Trinajstić information content (AvgIpc) is 3.39. The van der Waals surface area contributed by atoms with Crippen LogP contribution in [0.25, 0.3) is 32.6 Å². The summed E-state index contributed by atoms with van der Waals surface area (Å²) in [5, 5.41) is 4.53. The Morgan fingerprint density at radius 2 is 1.68 bits per heavy atom. The fraction of sp³-hybridized carbons (Fsp3) is 0.172. The number of rotatable bonds is 8. The van der Waals surface area contributed by atoms with Gasteiger partial charge in [-0.3, -0.25) is 9.71 Å². The van der Waals surface area contributed by atoms with Gasteiger partial charge in [-0.15, -0.1) is 11.3 Å². The monoisotopic (exact) mass is 528 g/mol. The topological polar surface area (TPSA) is 75.2 Å². The first-order chi connectivity index (χ1) is 17.9. The van der Waals surface area contributed by atoms with Crippen LogP contribution >= 0.6 is 11.3 Å². The number of aryl methyl sites for hydroxylation is 1. The molecule has 0 saturated carbocycles. The summed E-state index contributed by atoms with van der Waals surface area (Å²) in [6, 6.07) is 22.5. The molecule has 37 heavy (non-hydrogen) atoms. The second-order valence-electron chi connectivity index (χ2n) is 9.03. The zero-order chi connectivity index (χ0) is 26.0. The Bertz CT molecular complexity index is 1660. The van der Waals surface area contributed by atoms with E-state index in [0.29, 0.717) is 11.1 Å². The quantitative estimate of drug-likeness (QED) is 0.239. The first-order valence-electron chi connectivity index (χ1n) is 12.1. The SMILES string of the molecule is CCCc1cc(-c2nc(-c3ccc(NS(=O)(=O)c4cccc5c(N(C)C)cccc45)cc3)cs2)ccn1. The van der Waals surface area contributed by atoms with Crippen molar-refractivity contribution in [3.05, 3.63) is 90.1 Å². The minimum Gasteiger partial charge on any atom is -0.377 e. The van der Waals surface area contributed by atoms with Crippen LogP contribution in [-0.2, 0) is 16.4 Å². The third kappa shape index (κ3) is 5.21. The molecule has 0 amide bonds. The van der Waals surface area contributed by atoms with Crippen molar-refractivity contribution in [2.75, 3.05) is 23.7 Å². The molecule has 0 aliphatic rings. The lowest BCUT2D eigenvalue weighted by Crippen LogP contribution is -2.14. The summed E-state index contributed by atoms with van der Waals surface area (Å²) >= 11 is 1.59. The first kappa shape index (κ1) is 24.9. The molecule has 0 bridgehead atoms. The van der Waals surface area contributed by atoms with E-state index in [1.54, 1.807) is 35.6 Å². The number of aromatic nitrogens is 2. The van der Waals surface area contributed by atoms with E-state index in [2.05, 4.69) is 22.7 Å². The van der Waals surface area contributed by atoms with Crippen LogP contribution in [0.5, 0.6) is 0 Å². The molecule has 0 aliphatic heterocycles. The van der Waals surface area contributed by atoms with E-state index < -0.39 is 10.0 Å². The van der Waals surface area contributed by atoms with Gasteiger partial charge in [-0.05, 0) is 42.8 Å². The van der Waals surface area contributed by atoms with Crippen molar-refractivity contribution in [1.82, 2.24) is 9.97 Å². The maximum atomic E-state index is 13.3. The molecule has 1 N–H and O–H groups in total. The molecule has 0 radical (unpaired) electrons. The van der Waals surface area contributed by atoms with E-state index in [9.17, 15) is 8.42 Å². The molecule has 2 aromatic heterocycles. The Kier molecular flexibility index (Phi) is 6.95. The van der Waals surface area contributed by atoms with Gasteiger partial charge in [0.05, 0.1) is 10.6 Å². The van der Waals surface area contributed by atoms with Gasteiger partial charge in [-0.25, -0.2) is 13.4 Å². The predicted molar refractivity (Wildman–Crippen MR) is 154 cm³/mol. The first-order valence-corrected chi connectivity index (χ1v) is 14.4. The summed E-state index contributed by atoms with van der Waals surface area (Å²) in [5.74, 6) is 0. The number of thiazole rings is 1. The van der Waals surface area contributed by atoms with Crippen molar-refractivity contribution < 1.29 is 8.42 Å². The highest BCUT2D eigenvalue weighted by molar-refractivity contribution is 7.93. The Hall–Kier alpha value is -3.75. The van der Waals surface area contributed by atoms with Crippen LogP contribution in [0.15, 0.2) is 89.3 Å². The Labute approximate surface area is 221 Å². The molecule has 3 aromatic carbocycles. The van der Waals surface area contributed by atoms with Crippen molar-refractivity contribution in [1.29, 1.82) is 0 Å². The molecule has 0 fully saturated rings. The summed E-state index contributed by atoms with van der Waals surface area (Å²) in [6.07, 6.45) is 3.83. The standard InChI is InChI=1S/C29H28N4O2S2/c1-4-7-23-18-21(16-17-30-23)29-31-26(19-36-29)20-12-14-22(15-13-20)32-37(34,35)28-11-6-8-24-25(28)9-5-10-27(24)33(2)3/h5-6,8-19,32H,4,7H2,1-3H3. The molecule has 6 nitrogen and oxygen atoms in total. The van der Waals surface area contributed by atoms with Crippen molar-refractivity contribution in [2.45, 2.75) is 24.7 Å². The zero-order valence-corrected chi connectivity index (χ0v) is 22.6. The largest absolute Gasteiger partial charge is 0.377 e. The Morgan fingerprint density at radius 3 is 2.43 bits per heavy atom. The summed E-state index contributed by atoms with van der Waals surface area (Å²) in [4.78, 5) is 11.5. The fourth-order valence-corrected chi connectivity index (χ4v) is 6.46. The molecule has 0 spiro atoms. The lowest BCUT2D eigenvalue weighted by molar-refractivity contribution is 0.602. The molecule has 5 rings (SSSR count). The molecule has 188 valence electrons. The molecule has 0 unspecified atom stereocenters. The average molecular weight is 529 g/mol. The number of benzene rings is 3. The Balaban J connectivity index is 1.38. The van der Waals surface area contributed by atoms with Gasteiger partial charge in [-0.1, -0.05) is 49.7 Å². The highest BCUT2D eigenvalue weighted by atomic mass is 32.2. The van der Waals surface area contributed by atoms with Crippen LogP contribution in [0.3, 0.4) is 0 Å². The van der Waals surface area contributed by atoms with Crippen molar-refractivity contribution in [3.63, 3.8) is 0 Å². The summed E-state index contributed by atoms with van der Waals surface area (Å²) in [7, 11) is 0.104. The van der Waals surface area contributed by atoms with E-state index >= 15 is 0 Å². The van der Waals surface area contributed by atoms with Crippen LogP contribution in [0, 0.1) is 0 Å². The van der Waals surface area contributed by atoms with E-state index in [-0.39, 0.29) is 4.90 Å². The third-order valence-corrected chi connectivity index (χ3v) is 8.47. The van der Waals surface area contributed by atoms with Crippen molar-refractivity contribution >= 4 is 43.5 Å². The number of hydrogen-bond donors (Lipinski definition) is 1. The van der Waals surface area contributed by atoms with Gasteiger partial charge < -0.3 is 4.90 Å². The van der Waals surface area contributed by atoms with Crippen LogP contribution in [0.2, 0.25) is 0 Å². The van der Waals surface area contributed by atoms with Crippen molar-refractivity contribution in [3.8, 4) is 21.8 Å². The highest BCUT2D eigenvalue weighted by Crippen LogP contribution is 2.32. The molecular formula is C29H28N4O2S2. The molecular weight excluding hydrogens is 500 g/mol. The van der Waals surface area contributed by atoms with E-state index in [1.807, 2.05) is 73.0 Å². The van der Waals surface area contributed by atoms with E-state index in [0.717, 1.165) is 51.4 Å². The number of pyridine rings is 1. The van der Waals surface area contributed by atoms with Crippen LogP contribution in [-0.4, -0.2) is 32.5 Å². The Morgan fingerprint density at radius 1 is 0.919 bits per heavy atom. The van der Waals surface area contributed by atoms with Gasteiger partial charge in [-0.2, -0.15) is 0 Å². The number of fused-ring (bicyclic) bond motifs is 1. The number of nitrogens with zero attached hydrogens (tertiary/aromatic N) is 3. The van der Waals surface area contributed by atoms with E-state index in [1.165, 1.54) is 0 Å². The lowest BCUT2D eigenvalue weighted by atomic mass is 10.1. The highest BCUT2D eigenvalue weighted by Gasteiger charge is 2.19. The van der Waals surface area contributed by atoms with Crippen molar-refractivity contribution in [2.24, 2.45) is 0 Å². The van der Waals surface area contributed by atoms with Gasteiger partial charge in [0.25, 0.3) is 10.0 Å². The van der Waals surface area contributed by atoms with Gasteiger partial charge in [0.1, 0.15) is 5.01 Å². The zero-order valence-electron chi connectivity index (χ0n) is 21.0. The van der Waals surface area contributed by atoms with Gasteiger partial charge in [0.15, 0.2) is 0 Å². The summed E-state index contributed by atoms with van der Waals surface area (Å²) in [6.45, 7) is 2.14.